The molecule has 0 aliphatic rings. The molecule has 3 N–H and O–H groups in total. The van der Waals surface area contributed by atoms with Crippen LogP contribution >= 0.6 is 0 Å². The van der Waals surface area contributed by atoms with Crippen LogP contribution in [-0.4, -0.2) is 64.2 Å². The normalized spacial score (nSPS) is 11.1. The van der Waals surface area contributed by atoms with Crippen molar-refractivity contribution >= 4 is 28.3 Å². The largest absolute Gasteiger partial charge is 0.497 e. The van der Waals surface area contributed by atoms with Crippen LogP contribution in [0.2, 0.25) is 0 Å². The Morgan fingerprint density at radius 3 is 2.49 bits per heavy atom. The third-order valence-corrected chi connectivity index (χ3v) is 6.94. The minimum absolute atomic E-state index is 0.358. The van der Waals surface area contributed by atoms with E-state index >= 15 is 0 Å². The third kappa shape index (κ3) is 7.08. The molecule has 0 saturated carbocycles. The number of hydrogen-bond acceptors (Lipinski definition) is 9. The number of fused-ring (bicyclic) bond motifs is 1. The van der Waals surface area contributed by atoms with Gasteiger partial charge in [-0.25, -0.2) is 10.5 Å². The van der Waals surface area contributed by atoms with Crippen LogP contribution in [0.4, 0.5) is 11.4 Å². The van der Waals surface area contributed by atoms with Gasteiger partial charge in [-0.1, -0.05) is 26.0 Å². The molecular weight excluding hydrogens is 546 g/mol. The number of hydrogen-bond donors (Lipinski definition) is 3. The smallest absolute Gasteiger partial charge is 0.274 e. The number of rotatable bonds is 12. The Morgan fingerprint density at radius 1 is 0.977 bits per heavy atom. The monoisotopic (exact) mass is 581 g/mol. The van der Waals surface area contributed by atoms with Gasteiger partial charge in [-0.05, 0) is 35.9 Å². The summed E-state index contributed by atoms with van der Waals surface area (Å²) in [4.78, 5) is 23.6. The Labute approximate surface area is 250 Å². The summed E-state index contributed by atoms with van der Waals surface area (Å²) in [6.07, 6.45) is 5.38. The first-order valence-corrected chi connectivity index (χ1v) is 13.9. The summed E-state index contributed by atoms with van der Waals surface area (Å²) < 4.78 is 12.9. The second kappa shape index (κ2) is 13.3. The molecule has 2 aromatic heterocycles. The van der Waals surface area contributed by atoms with E-state index in [1.165, 1.54) is 0 Å². The standard InChI is InChI=1S/C32H35N7O4/c1-21(2)33-10-11-39(26-13-27(42-3)16-28(14-26)43-4)25-8-9-29-30(15-25)36-31(18-34-29)24-17-35-38(20-24)19-22-6-5-7-23(12-22)32(40)37-41/h5-9,12-18,20-21,33,41H,10-11,19H2,1-4H3,(H,37,40). The van der Waals surface area contributed by atoms with Crippen LogP contribution in [0, 0.1) is 0 Å². The van der Waals surface area contributed by atoms with Crippen molar-refractivity contribution in [1.29, 1.82) is 0 Å². The fourth-order valence-corrected chi connectivity index (χ4v) is 4.77. The van der Waals surface area contributed by atoms with Gasteiger partial charge in [0.05, 0.1) is 49.9 Å². The zero-order chi connectivity index (χ0) is 30.3. The molecule has 1 amide bonds. The topological polar surface area (TPSA) is 127 Å². The van der Waals surface area contributed by atoms with E-state index in [1.807, 2.05) is 48.7 Å². The van der Waals surface area contributed by atoms with Gasteiger partial charge >= 0.3 is 0 Å². The number of ether oxygens (including phenoxy) is 2. The Morgan fingerprint density at radius 2 is 1.77 bits per heavy atom. The fourth-order valence-electron chi connectivity index (χ4n) is 4.77. The maximum Gasteiger partial charge on any atom is 0.274 e. The van der Waals surface area contributed by atoms with Crippen molar-refractivity contribution in [2.45, 2.75) is 26.4 Å². The first kappa shape index (κ1) is 29.5. The van der Waals surface area contributed by atoms with Gasteiger partial charge in [0.25, 0.3) is 5.91 Å². The van der Waals surface area contributed by atoms with E-state index in [4.69, 9.17) is 19.7 Å². The van der Waals surface area contributed by atoms with Crippen LogP contribution < -0.4 is 25.2 Å². The van der Waals surface area contributed by atoms with Gasteiger partial charge in [0, 0.05) is 66.0 Å². The average Bonchev–Trinajstić information content (AvgIpc) is 3.50. The molecule has 2 heterocycles. The minimum Gasteiger partial charge on any atom is -0.497 e. The highest BCUT2D eigenvalue weighted by molar-refractivity contribution is 5.93. The number of nitrogens with one attached hydrogen (secondary N) is 2. The highest BCUT2D eigenvalue weighted by Crippen LogP contribution is 2.34. The van der Waals surface area contributed by atoms with Crippen molar-refractivity contribution < 1.29 is 19.5 Å². The zero-order valence-electron chi connectivity index (χ0n) is 24.6. The zero-order valence-corrected chi connectivity index (χ0v) is 24.6. The van der Waals surface area contributed by atoms with Crippen molar-refractivity contribution in [2.75, 3.05) is 32.2 Å². The van der Waals surface area contributed by atoms with E-state index in [0.717, 1.165) is 40.1 Å². The first-order chi connectivity index (χ1) is 20.9. The molecule has 0 aliphatic carbocycles. The highest BCUT2D eigenvalue weighted by Gasteiger charge is 2.15. The minimum atomic E-state index is -0.561. The molecule has 11 heteroatoms. The number of benzene rings is 3. The second-order valence-corrected chi connectivity index (χ2v) is 10.3. The number of anilines is 2. The summed E-state index contributed by atoms with van der Waals surface area (Å²) in [5.74, 6) is 0.855. The van der Waals surface area contributed by atoms with Gasteiger partial charge in [0.2, 0.25) is 0 Å². The van der Waals surface area contributed by atoms with E-state index in [1.54, 1.807) is 55.0 Å². The summed E-state index contributed by atoms with van der Waals surface area (Å²) in [5.41, 5.74) is 7.84. The van der Waals surface area contributed by atoms with Crippen molar-refractivity contribution in [3.63, 3.8) is 0 Å². The summed E-state index contributed by atoms with van der Waals surface area (Å²) in [6.45, 7) is 6.18. The van der Waals surface area contributed by atoms with Gasteiger partial charge in [-0.2, -0.15) is 5.10 Å². The maximum absolute atomic E-state index is 11.8. The van der Waals surface area contributed by atoms with E-state index in [0.29, 0.717) is 41.9 Å². The molecule has 0 spiro atoms. The van der Waals surface area contributed by atoms with Crippen molar-refractivity contribution in [1.82, 2.24) is 30.5 Å². The molecule has 0 unspecified atom stereocenters. The molecule has 5 rings (SSSR count). The van der Waals surface area contributed by atoms with E-state index < -0.39 is 5.91 Å². The van der Waals surface area contributed by atoms with Crippen LogP contribution in [0.3, 0.4) is 0 Å². The first-order valence-electron chi connectivity index (χ1n) is 13.9. The van der Waals surface area contributed by atoms with Gasteiger partial charge in [0.15, 0.2) is 0 Å². The molecule has 222 valence electrons. The van der Waals surface area contributed by atoms with Gasteiger partial charge in [0.1, 0.15) is 11.5 Å². The predicted octanol–water partition coefficient (Wildman–Crippen LogP) is 4.81. The predicted molar refractivity (Wildman–Crippen MR) is 165 cm³/mol. The van der Waals surface area contributed by atoms with Crippen LogP contribution in [0.1, 0.15) is 29.8 Å². The lowest BCUT2D eigenvalue weighted by atomic mass is 10.1. The van der Waals surface area contributed by atoms with Gasteiger partial charge in [-0.15, -0.1) is 0 Å². The molecule has 0 aliphatic heterocycles. The Balaban J connectivity index is 1.44. The number of carbonyl (C=O) groups excluding carboxylic acids is 1. The van der Waals surface area contributed by atoms with Gasteiger partial charge in [-0.3, -0.25) is 19.7 Å². The van der Waals surface area contributed by atoms with E-state index in [2.05, 4.69) is 34.1 Å². The van der Waals surface area contributed by atoms with Crippen molar-refractivity contribution in [2.24, 2.45) is 0 Å². The lowest BCUT2D eigenvalue weighted by molar-refractivity contribution is 0.0706. The summed E-state index contributed by atoms with van der Waals surface area (Å²) in [5, 5.41) is 16.9. The molecule has 0 radical (unpaired) electrons. The molecule has 3 aromatic carbocycles. The van der Waals surface area contributed by atoms with Crippen LogP contribution in [0.5, 0.6) is 11.5 Å². The van der Waals surface area contributed by atoms with Crippen molar-refractivity contribution in [3.05, 3.63) is 90.4 Å². The third-order valence-electron chi connectivity index (χ3n) is 6.94. The summed E-state index contributed by atoms with van der Waals surface area (Å²) in [7, 11) is 3.29. The Bertz CT molecular complexity index is 1700. The maximum atomic E-state index is 11.8. The number of hydroxylamine groups is 1. The number of aromatic nitrogens is 4. The van der Waals surface area contributed by atoms with Crippen LogP contribution in [0.15, 0.2) is 79.3 Å². The van der Waals surface area contributed by atoms with Crippen molar-refractivity contribution in [3.8, 4) is 22.8 Å². The van der Waals surface area contributed by atoms with E-state index in [-0.39, 0.29) is 0 Å². The summed E-state index contributed by atoms with van der Waals surface area (Å²) in [6, 6.07) is 19.3. The average molecular weight is 582 g/mol. The number of methoxy groups -OCH3 is 2. The Kier molecular flexibility index (Phi) is 9.14. The Hall–Kier alpha value is -5.00. The van der Waals surface area contributed by atoms with Crippen LogP contribution in [0.25, 0.3) is 22.3 Å². The van der Waals surface area contributed by atoms with Crippen LogP contribution in [-0.2, 0) is 6.54 Å². The lowest BCUT2D eigenvalue weighted by Gasteiger charge is -2.27. The SMILES string of the molecule is COc1cc(OC)cc(N(CCNC(C)C)c2ccc3ncc(-c4cnn(Cc5cccc(C(=O)NO)c5)c4)nc3c2)c1. The molecule has 0 bridgehead atoms. The number of amides is 1. The lowest BCUT2D eigenvalue weighted by Crippen LogP contribution is -2.32. The fraction of sp³-hybridized carbons (Fsp3) is 0.250. The molecule has 11 nitrogen and oxygen atoms in total. The molecule has 0 fully saturated rings. The molecule has 0 atom stereocenters. The molecular formula is C32H35N7O4. The molecule has 5 aromatic rings. The molecule has 43 heavy (non-hydrogen) atoms. The molecule has 0 saturated heterocycles. The van der Waals surface area contributed by atoms with Gasteiger partial charge < -0.3 is 19.7 Å². The van der Waals surface area contributed by atoms with E-state index in [9.17, 15) is 4.79 Å². The number of nitrogens with zero attached hydrogens (tertiary/aromatic N) is 5. The summed E-state index contributed by atoms with van der Waals surface area (Å²) >= 11 is 0. The highest BCUT2D eigenvalue weighted by atomic mass is 16.5. The second-order valence-electron chi connectivity index (χ2n) is 10.3. The number of carbonyl (C=O) groups is 1. The quantitative estimate of drug-likeness (QED) is 0.140.